The summed E-state index contributed by atoms with van der Waals surface area (Å²) in [5.41, 5.74) is 6.65. The van der Waals surface area contributed by atoms with E-state index in [-0.39, 0.29) is 0 Å². The Labute approximate surface area is 97.6 Å². The summed E-state index contributed by atoms with van der Waals surface area (Å²) in [7, 11) is 0. The van der Waals surface area contributed by atoms with Gasteiger partial charge in [-0.05, 0) is 37.9 Å². The van der Waals surface area contributed by atoms with Crippen molar-refractivity contribution in [2.24, 2.45) is 11.7 Å². The first-order chi connectivity index (χ1) is 7.81. The van der Waals surface area contributed by atoms with Gasteiger partial charge in [-0.2, -0.15) is 0 Å². The molecule has 0 unspecified atom stereocenters. The van der Waals surface area contributed by atoms with Gasteiger partial charge < -0.3 is 10.2 Å². The minimum Gasteiger partial charge on any atom is -0.468 e. The number of nitrogens with two attached hydrogens (primary N) is 1. The van der Waals surface area contributed by atoms with Gasteiger partial charge in [0.05, 0.1) is 12.8 Å². The number of furan rings is 1. The Bertz CT molecular complexity index is 313. The third-order valence-electron chi connectivity index (χ3n) is 3.61. The second kappa shape index (κ2) is 5.51. The van der Waals surface area contributed by atoms with Crippen LogP contribution in [0.2, 0.25) is 0 Å². The monoisotopic (exact) mass is 222 g/mol. The SMILES string of the molecule is CCC1CCN(Cc2cc(CN)co2)CC1. The molecule has 0 amide bonds. The second-order valence-electron chi connectivity index (χ2n) is 4.75. The quantitative estimate of drug-likeness (QED) is 0.850. The molecule has 3 heteroatoms. The normalized spacial score (nSPS) is 19.1. The summed E-state index contributed by atoms with van der Waals surface area (Å²) in [5, 5.41) is 0. The maximum Gasteiger partial charge on any atom is 0.118 e. The van der Waals surface area contributed by atoms with E-state index < -0.39 is 0 Å². The van der Waals surface area contributed by atoms with Gasteiger partial charge in [0.1, 0.15) is 5.76 Å². The number of rotatable bonds is 4. The summed E-state index contributed by atoms with van der Waals surface area (Å²) in [4.78, 5) is 2.48. The van der Waals surface area contributed by atoms with Crippen molar-refractivity contribution in [3.8, 4) is 0 Å². The summed E-state index contributed by atoms with van der Waals surface area (Å²) in [6.45, 7) is 6.21. The van der Waals surface area contributed by atoms with Crippen LogP contribution in [0.5, 0.6) is 0 Å². The van der Waals surface area contributed by atoms with Crippen molar-refractivity contribution in [1.29, 1.82) is 0 Å². The molecule has 1 aliphatic rings. The van der Waals surface area contributed by atoms with Crippen LogP contribution in [0.15, 0.2) is 16.7 Å². The van der Waals surface area contributed by atoms with Crippen LogP contribution in [0.4, 0.5) is 0 Å². The van der Waals surface area contributed by atoms with Crippen LogP contribution in [0.25, 0.3) is 0 Å². The van der Waals surface area contributed by atoms with Gasteiger partial charge in [0.15, 0.2) is 0 Å². The van der Waals surface area contributed by atoms with Gasteiger partial charge in [-0.1, -0.05) is 13.3 Å². The zero-order chi connectivity index (χ0) is 11.4. The van der Waals surface area contributed by atoms with Gasteiger partial charge in [0.2, 0.25) is 0 Å². The van der Waals surface area contributed by atoms with E-state index in [0.29, 0.717) is 6.54 Å². The fraction of sp³-hybridized carbons (Fsp3) is 0.692. The molecule has 1 aromatic heterocycles. The lowest BCUT2D eigenvalue weighted by molar-refractivity contribution is 0.164. The molecular weight excluding hydrogens is 200 g/mol. The van der Waals surface area contributed by atoms with Crippen LogP contribution in [0.3, 0.4) is 0 Å². The summed E-state index contributed by atoms with van der Waals surface area (Å²) in [5.74, 6) is 1.99. The highest BCUT2D eigenvalue weighted by atomic mass is 16.3. The van der Waals surface area contributed by atoms with E-state index >= 15 is 0 Å². The molecule has 3 nitrogen and oxygen atoms in total. The van der Waals surface area contributed by atoms with Crippen molar-refractivity contribution < 1.29 is 4.42 Å². The number of hydrogen-bond acceptors (Lipinski definition) is 3. The summed E-state index contributed by atoms with van der Waals surface area (Å²) in [6, 6.07) is 2.08. The minimum absolute atomic E-state index is 0.571. The molecule has 1 saturated heterocycles. The van der Waals surface area contributed by atoms with E-state index in [1.165, 1.54) is 32.4 Å². The molecule has 0 aromatic carbocycles. The lowest BCUT2D eigenvalue weighted by atomic mass is 9.94. The Kier molecular flexibility index (Phi) is 4.02. The molecule has 0 bridgehead atoms. The van der Waals surface area contributed by atoms with Crippen LogP contribution in [-0.4, -0.2) is 18.0 Å². The zero-order valence-corrected chi connectivity index (χ0v) is 10.1. The summed E-state index contributed by atoms with van der Waals surface area (Å²) < 4.78 is 5.49. The lowest BCUT2D eigenvalue weighted by Gasteiger charge is -2.30. The molecular formula is C13H22N2O. The maximum atomic E-state index is 5.56. The minimum atomic E-state index is 0.571. The molecule has 0 radical (unpaired) electrons. The van der Waals surface area contributed by atoms with Crippen LogP contribution in [-0.2, 0) is 13.1 Å². The molecule has 1 aliphatic heterocycles. The van der Waals surface area contributed by atoms with E-state index in [4.69, 9.17) is 10.2 Å². The molecule has 1 fully saturated rings. The predicted molar refractivity (Wildman–Crippen MR) is 64.9 cm³/mol. The Morgan fingerprint density at radius 1 is 1.44 bits per heavy atom. The third-order valence-corrected chi connectivity index (χ3v) is 3.61. The van der Waals surface area contributed by atoms with Crippen molar-refractivity contribution in [2.45, 2.75) is 39.3 Å². The number of nitrogens with zero attached hydrogens (tertiary/aromatic N) is 1. The molecule has 2 N–H and O–H groups in total. The Balaban J connectivity index is 1.82. The molecule has 0 saturated carbocycles. The number of hydrogen-bond donors (Lipinski definition) is 1. The lowest BCUT2D eigenvalue weighted by Crippen LogP contribution is -2.32. The van der Waals surface area contributed by atoms with Gasteiger partial charge in [0, 0.05) is 12.1 Å². The highest BCUT2D eigenvalue weighted by molar-refractivity contribution is 5.12. The van der Waals surface area contributed by atoms with Crippen LogP contribution >= 0.6 is 0 Å². The van der Waals surface area contributed by atoms with Crippen molar-refractivity contribution in [3.63, 3.8) is 0 Å². The number of likely N-dealkylation sites (tertiary alicyclic amines) is 1. The van der Waals surface area contributed by atoms with E-state index in [2.05, 4.69) is 17.9 Å². The third kappa shape index (κ3) is 2.86. The Hall–Kier alpha value is -0.800. The van der Waals surface area contributed by atoms with Gasteiger partial charge in [-0.3, -0.25) is 4.90 Å². The molecule has 0 spiro atoms. The average molecular weight is 222 g/mol. The molecule has 1 aromatic rings. The van der Waals surface area contributed by atoms with Gasteiger partial charge in [-0.15, -0.1) is 0 Å². The van der Waals surface area contributed by atoms with E-state index in [9.17, 15) is 0 Å². The first-order valence-corrected chi connectivity index (χ1v) is 6.30. The highest BCUT2D eigenvalue weighted by Crippen LogP contribution is 2.21. The van der Waals surface area contributed by atoms with Gasteiger partial charge in [-0.25, -0.2) is 0 Å². The molecule has 0 aliphatic carbocycles. The molecule has 2 heterocycles. The van der Waals surface area contributed by atoms with Crippen molar-refractivity contribution in [1.82, 2.24) is 4.90 Å². The van der Waals surface area contributed by atoms with Crippen molar-refractivity contribution in [2.75, 3.05) is 13.1 Å². The maximum absolute atomic E-state index is 5.56. The Morgan fingerprint density at radius 3 is 2.75 bits per heavy atom. The first kappa shape index (κ1) is 11.7. The standard InChI is InChI=1S/C13H22N2O/c1-2-11-3-5-15(6-4-11)9-13-7-12(8-14)10-16-13/h7,10-11H,2-6,8-9,14H2,1H3. The summed E-state index contributed by atoms with van der Waals surface area (Å²) in [6.07, 6.45) is 5.77. The van der Waals surface area contributed by atoms with E-state index in [1.807, 2.05) is 0 Å². The Morgan fingerprint density at radius 2 is 2.19 bits per heavy atom. The van der Waals surface area contributed by atoms with Gasteiger partial charge >= 0.3 is 0 Å². The smallest absolute Gasteiger partial charge is 0.118 e. The van der Waals surface area contributed by atoms with Crippen LogP contribution in [0, 0.1) is 5.92 Å². The zero-order valence-electron chi connectivity index (χ0n) is 10.1. The highest BCUT2D eigenvalue weighted by Gasteiger charge is 2.18. The topological polar surface area (TPSA) is 42.4 Å². The molecule has 16 heavy (non-hydrogen) atoms. The first-order valence-electron chi connectivity index (χ1n) is 6.30. The fourth-order valence-corrected chi connectivity index (χ4v) is 2.39. The van der Waals surface area contributed by atoms with Crippen molar-refractivity contribution in [3.05, 3.63) is 23.7 Å². The second-order valence-corrected chi connectivity index (χ2v) is 4.75. The van der Waals surface area contributed by atoms with Crippen LogP contribution < -0.4 is 5.73 Å². The van der Waals surface area contributed by atoms with E-state index in [0.717, 1.165) is 23.8 Å². The molecule has 90 valence electrons. The molecule has 2 rings (SSSR count). The van der Waals surface area contributed by atoms with E-state index in [1.54, 1.807) is 6.26 Å². The predicted octanol–water partition coefficient (Wildman–Crippen LogP) is 2.36. The average Bonchev–Trinajstić information content (AvgIpc) is 2.78. The largest absolute Gasteiger partial charge is 0.468 e. The fourth-order valence-electron chi connectivity index (χ4n) is 2.39. The van der Waals surface area contributed by atoms with Crippen LogP contribution in [0.1, 0.15) is 37.5 Å². The van der Waals surface area contributed by atoms with Gasteiger partial charge in [0.25, 0.3) is 0 Å². The number of piperidine rings is 1. The summed E-state index contributed by atoms with van der Waals surface area (Å²) >= 11 is 0. The van der Waals surface area contributed by atoms with Crippen molar-refractivity contribution >= 4 is 0 Å². The molecule has 0 atom stereocenters.